The highest BCUT2D eigenvalue weighted by Gasteiger charge is 2.37. The number of carbonyl (C=O) groups is 1. The van der Waals surface area contributed by atoms with Gasteiger partial charge in [0.05, 0.1) is 19.1 Å². The first-order chi connectivity index (χ1) is 12.7. The quantitative estimate of drug-likeness (QED) is 0.434. The maximum absolute atomic E-state index is 12.2. The highest BCUT2D eigenvalue weighted by atomic mass is 16.6. The van der Waals surface area contributed by atoms with Gasteiger partial charge in [-0.25, -0.2) is 4.79 Å². The van der Waals surface area contributed by atoms with Gasteiger partial charge in [-0.15, -0.1) is 0 Å². The lowest BCUT2D eigenvalue weighted by molar-refractivity contribution is -0.167. The van der Waals surface area contributed by atoms with Crippen LogP contribution in [0, 0.1) is 0 Å². The molecule has 0 unspecified atom stereocenters. The lowest BCUT2D eigenvalue weighted by Gasteiger charge is -2.32. The molecule has 2 aromatic rings. The average molecular weight is 376 g/mol. The van der Waals surface area contributed by atoms with E-state index in [1.54, 1.807) is 31.2 Å². The van der Waals surface area contributed by atoms with Crippen LogP contribution in [0.2, 0.25) is 0 Å². The van der Waals surface area contributed by atoms with Gasteiger partial charge in [-0.1, -0.05) is 12.2 Å². The van der Waals surface area contributed by atoms with E-state index in [0.29, 0.717) is 16.5 Å². The lowest BCUT2D eigenvalue weighted by Crippen LogP contribution is -2.42. The van der Waals surface area contributed by atoms with Crippen LogP contribution in [0.3, 0.4) is 0 Å². The van der Waals surface area contributed by atoms with Gasteiger partial charge < -0.3 is 24.1 Å². The molecule has 0 saturated heterocycles. The molecule has 0 radical (unpaired) electrons. The van der Waals surface area contributed by atoms with Crippen LogP contribution in [-0.4, -0.2) is 35.0 Å². The first-order valence-corrected chi connectivity index (χ1v) is 8.50. The SMILES string of the molecule is CC=CCC(=O)O[C@H](c1cc2ccc(=O)oc2cc1OC)[C@H](O)C(C)(C)O. The molecule has 0 aliphatic carbocycles. The van der Waals surface area contributed by atoms with E-state index < -0.39 is 29.4 Å². The van der Waals surface area contributed by atoms with Crippen molar-refractivity contribution in [3.8, 4) is 5.75 Å². The Morgan fingerprint density at radius 1 is 1.33 bits per heavy atom. The number of hydrogen-bond acceptors (Lipinski definition) is 7. The fourth-order valence-corrected chi connectivity index (χ4v) is 2.59. The van der Waals surface area contributed by atoms with Gasteiger partial charge in [-0.2, -0.15) is 0 Å². The van der Waals surface area contributed by atoms with E-state index in [9.17, 15) is 19.8 Å². The van der Waals surface area contributed by atoms with Crippen molar-refractivity contribution in [3.05, 3.63) is 52.4 Å². The Kier molecular flexibility index (Phi) is 6.41. The summed E-state index contributed by atoms with van der Waals surface area (Å²) in [6.45, 7) is 4.60. The van der Waals surface area contributed by atoms with Gasteiger partial charge in [0.1, 0.15) is 17.4 Å². The number of aliphatic hydroxyl groups excluding tert-OH is 1. The molecule has 0 aliphatic rings. The minimum absolute atomic E-state index is 0.0242. The smallest absolute Gasteiger partial charge is 0.336 e. The maximum atomic E-state index is 12.2. The van der Waals surface area contributed by atoms with Gasteiger partial charge >= 0.3 is 11.6 Å². The largest absolute Gasteiger partial charge is 0.496 e. The number of fused-ring (bicyclic) bond motifs is 1. The third-order valence-corrected chi connectivity index (χ3v) is 4.07. The van der Waals surface area contributed by atoms with Crippen LogP contribution >= 0.6 is 0 Å². The van der Waals surface area contributed by atoms with Gasteiger partial charge in [0, 0.05) is 23.1 Å². The number of benzene rings is 1. The van der Waals surface area contributed by atoms with Gasteiger partial charge in [-0.05, 0) is 32.9 Å². The van der Waals surface area contributed by atoms with E-state index >= 15 is 0 Å². The fourth-order valence-electron chi connectivity index (χ4n) is 2.59. The highest BCUT2D eigenvalue weighted by Crippen LogP contribution is 2.36. The van der Waals surface area contributed by atoms with Crippen LogP contribution in [0.4, 0.5) is 0 Å². The molecule has 1 heterocycles. The summed E-state index contributed by atoms with van der Waals surface area (Å²) in [5.41, 5.74) is -1.42. The predicted octanol–water partition coefficient (Wildman–Crippen LogP) is 2.48. The second-order valence-corrected chi connectivity index (χ2v) is 6.67. The number of rotatable bonds is 7. The fraction of sp³-hybridized carbons (Fsp3) is 0.400. The predicted molar refractivity (Wildman–Crippen MR) is 99.6 cm³/mol. The standard InChI is InChI=1S/C20H24O7/c1-5-6-7-16(21)27-18(19(23)20(2,3)24)13-10-12-8-9-17(22)26-14(12)11-15(13)25-4/h5-6,8-11,18-19,23-24H,7H2,1-4H3/t18-,19+/m1/s1. The molecule has 7 heteroatoms. The van der Waals surface area contributed by atoms with E-state index in [-0.39, 0.29) is 12.2 Å². The Morgan fingerprint density at radius 2 is 2.04 bits per heavy atom. The van der Waals surface area contributed by atoms with Crippen molar-refractivity contribution in [2.75, 3.05) is 7.11 Å². The van der Waals surface area contributed by atoms with Crippen LogP contribution < -0.4 is 10.4 Å². The summed E-state index contributed by atoms with van der Waals surface area (Å²) < 4.78 is 15.9. The molecule has 7 nitrogen and oxygen atoms in total. The van der Waals surface area contributed by atoms with E-state index in [4.69, 9.17) is 13.9 Å². The van der Waals surface area contributed by atoms with Crippen molar-refractivity contribution in [2.24, 2.45) is 0 Å². The van der Waals surface area contributed by atoms with Gasteiger partial charge in [-0.3, -0.25) is 4.79 Å². The first kappa shape index (κ1) is 20.7. The summed E-state index contributed by atoms with van der Waals surface area (Å²) in [6.07, 6.45) is 0.753. The van der Waals surface area contributed by atoms with E-state index in [0.717, 1.165) is 0 Å². The Morgan fingerprint density at radius 3 is 2.63 bits per heavy atom. The number of esters is 1. The van der Waals surface area contributed by atoms with Gasteiger partial charge in [0.15, 0.2) is 6.10 Å². The van der Waals surface area contributed by atoms with Crippen LogP contribution in [0.1, 0.15) is 38.9 Å². The minimum atomic E-state index is -1.55. The molecule has 0 aliphatic heterocycles. The maximum Gasteiger partial charge on any atom is 0.336 e. The number of methoxy groups -OCH3 is 1. The normalized spacial score (nSPS) is 14.3. The lowest BCUT2D eigenvalue weighted by atomic mass is 9.91. The molecule has 2 rings (SSSR count). The summed E-state index contributed by atoms with van der Waals surface area (Å²) in [6, 6.07) is 5.90. The molecule has 0 amide bonds. The van der Waals surface area contributed by atoms with E-state index in [2.05, 4.69) is 0 Å². The van der Waals surface area contributed by atoms with Crippen molar-refractivity contribution in [1.29, 1.82) is 0 Å². The zero-order valence-electron chi connectivity index (χ0n) is 15.8. The highest BCUT2D eigenvalue weighted by molar-refractivity contribution is 5.80. The van der Waals surface area contributed by atoms with Crippen LogP contribution in [0.5, 0.6) is 5.75 Å². The number of ether oxygens (including phenoxy) is 2. The summed E-state index contributed by atoms with van der Waals surface area (Å²) in [7, 11) is 1.40. The molecule has 0 fully saturated rings. The number of aliphatic hydroxyl groups is 2. The molecule has 27 heavy (non-hydrogen) atoms. The second-order valence-electron chi connectivity index (χ2n) is 6.67. The van der Waals surface area contributed by atoms with Crippen molar-refractivity contribution in [3.63, 3.8) is 0 Å². The second kappa shape index (κ2) is 8.37. The number of carbonyl (C=O) groups excluding carboxylic acids is 1. The van der Waals surface area contributed by atoms with Crippen molar-refractivity contribution < 1.29 is 28.9 Å². The van der Waals surface area contributed by atoms with E-state index in [1.165, 1.54) is 33.1 Å². The first-order valence-electron chi connectivity index (χ1n) is 8.50. The molecule has 146 valence electrons. The van der Waals surface area contributed by atoms with Gasteiger partial charge in [0.2, 0.25) is 0 Å². The van der Waals surface area contributed by atoms with Gasteiger partial charge in [0.25, 0.3) is 0 Å². The minimum Gasteiger partial charge on any atom is -0.496 e. The molecule has 1 aromatic heterocycles. The Bertz CT molecular complexity index is 889. The van der Waals surface area contributed by atoms with Crippen molar-refractivity contribution in [1.82, 2.24) is 0 Å². The monoisotopic (exact) mass is 376 g/mol. The zero-order valence-corrected chi connectivity index (χ0v) is 15.8. The van der Waals surface area contributed by atoms with Crippen LogP contribution in [0.25, 0.3) is 11.0 Å². The van der Waals surface area contributed by atoms with Crippen LogP contribution in [-0.2, 0) is 9.53 Å². The molecular weight excluding hydrogens is 352 g/mol. The summed E-state index contributed by atoms with van der Waals surface area (Å²) in [5, 5.41) is 21.5. The Hall–Kier alpha value is -2.64. The summed E-state index contributed by atoms with van der Waals surface area (Å²) in [5.74, 6) is -0.313. The molecule has 0 spiro atoms. The number of hydrogen-bond donors (Lipinski definition) is 2. The van der Waals surface area contributed by atoms with Crippen LogP contribution in [0.15, 0.2) is 45.6 Å². The third-order valence-electron chi connectivity index (χ3n) is 4.07. The van der Waals surface area contributed by atoms with E-state index in [1.807, 2.05) is 0 Å². The molecule has 0 saturated carbocycles. The molecule has 2 atom stereocenters. The molecule has 1 aromatic carbocycles. The zero-order chi connectivity index (χ0) is 20.2. The third kappa shape index (κ3) is 4.96. The molecule has 0 bridgehead atoms. The Balaban J connectivity index is 2.57. The Labute approximate surface area is 156 Å². The number of allylic oxidation sites excluding steroid dienone is 1. The van der Waals surface area contributed by atoms with Crippen molar-refractivity contribution >= 4 is 16.9 Å². The molecular formula is C20H24O7. The molecule has 2 N–H and O–H groups in total. The average Bonchev–Trinajstić information content (AvgIpc) is 2.62. The summed E-state index contributed by atoms with van der Waals surface area (Å²) >= 11 is 0. The topological polar surface area (TPSA) is 106 Å². The van der Waals surface area contributed by atoms with Crippen molar-refractivity contribution in [2.45, 2.75) is 45.0 Å². The summed E-state index contributed by atoms with van der Waals surface area (Å²) in [4.78, 5) is 23.6.